The number of benzene rings is 1. The zero-order valence-corrected chi connectivity index (χ0v) is 13.0. The van der Waals surface area contributed by atoms with Gasteiger partial charge in [-0.2, -0.15) is 0 Å². The summed E-state index contributed by atoms with van der Waals surface area (Å²) in [5, 5.41) is 6.88. The average molecular weight is 288 g/mol. The Kier molecular flexibility index (Phi) is 5.22. The molecule has 0 saturated carbocycles. The Morgan fingerprint density at radius 3 is 2.67 bits per heavy atom. The largest absolute Gasteiger partial charge is 0.348 e. The zero-order chi connectivity index (χ0) is 15.2. The number of hydrogen-bond acceptors (Lipinski definition) is 2. The topological polar surface area (TPSA) is 49.3 Å². The molecule has 0 aliphatic rings. The minimum absolute atomic E-state index is 0.154. The first-order valence-corrected chi connectivity index (χ1v) is 7.47. The van der Waals surface area contributed by atoms with Crippen molar-refractivity contribution in [3.05, 3.63) is 30.5 Å². The zero-order valence-electron chi connectivity index (χ0n) is 13.0. The summed E-state index contributed by atoms with van der Waals surface area (Å²) in [5.74, 6) is 0. The quantitative estimate of drug-likeness (QED) is 0.858. The Labute approximate surface area is 125 Å². The fourth-order valence-corrected chi connectivity index (χ4v) is 2.48. The molecule has 0 saturated heterocycles. The molecule has 0 aliphatic carbocycles. The van der Waals surface area contributed by atoms with Crippen molar-refractivity contribution in [3.63, 3.8) is 0 Å². The highest BCUT2D eigenvalue weighted by Crippen LogP contribution is 2.24. The van der Waals surface area contributed by atoms with Crippen LogP contribution in [0.3, 0.4) is 0 Å². The molecule has 0 atom stereocenters. The van der Waals surface area contributed by atoms with E-state index in [9.17, 15) is 4.79 Å². The normalized spacial score (nSPS) is 11.0. The average Bonchev–Trinajstić information content (AvgIpc) is 2.81. The number of nitrogens with one attached hydrogen (secondary N) is 2. The van der Waals surface area contributed by atoms with Gasteiger partial charge in [-0.3, -0.25) is 0 Å². The number of likely N-dealkylation sites (N-methyl/N-ethyl adjacent to an activating group) is 1. The Balaban J connectivity index is 1.93. The number of para-hydroxylation sites is 1. The number of anilines is 1. The predicted octanol–water partition coefficient (Wildman–Crippen LogP) is 2.64. The predicted molar refractivity (Wildman–Crippen MR) is 87.7 cm³/mol. The lowest BCUT2D eigenvalue weighted by atomic mass is 10.2. The van der Waals surface area contributed by atoms with Crippen molar-refractivity contribution >= 4 is 22.6 Å². The molecule has 21 heavy (non-hydrogen) atoms. The van der Waals surface area contributed by atoms with Gasteiger partial charge in [-0.05, 0) is 19.2 Å². The van der Waals surface area contributed by atoms with E-state index in [1.807, 2.05) is 42.1 Å². The lowest BCUT2D eigenvalue weighted by molar-refractivity contribution is 0.248. The Morgan fingerprint density at radius 2 is 1.95 bits per heavy atom. The number of urea groups is 1. The highest BCUT2D eigenvalue weighted by molar-refractivity contribution is 6.01. The van der Waals surface area contributed by atoms with E-state index in [1.165, 1.54) is 0 Å². The molecule has 2 rings (SSSR count). The van der Waals surface area contributed by atoms with E-state index >= 15 is 0 Å². The summed E-state index contributed by atoms with van der Waals surface area (Å²) in [5.41, 5.74) is 1.95. The highest BCUT2D eigenvalue weighted by Gasteiger charge is 2.09. The molecule has 5 nitrogen and oxygen atoms in total. The third kappa shape index (κ3) is 3.76. The lowest BCUT2D eigenvalue weighted by Gasteiger charge is -2.18. The van der Waals surface area contributed by atoms with Crippen molar-refractivity contribution in [1.29, 1.82) is 0 Å². The molecule has 0 bridgehead atoms. The third-order valence-electron chi connectivity index (χ3n) is 3.75. The molecule has 114 valence electrons. The Bertz CT molecular complexity index is 601. The molecule has 0 spiro atoms. The van der Waals surface area contributed by atoms with Crippen LogP contribution in [0.5, 0.6) is 0 Å². The third-order valence-corrected chi connectivity index (χ3v) is 3.75. The maximum Gasteiger partial charge on any atom is 0.319 e. The van der Waals surface area contributed by atoms with E-state index in [0.717, 1.165) is 36.2 Å². The summed E-state index contributed by atoms with van der Waals surface area (Å²) >= 11 is 0. The van der Waals surface area contributed by atoms with Crippen molar-refractivity contribution in [1.82, 2.24) is 14.8 Å². The van der Waals surface area contributed by atoms with Crippen LogP contribution in [0, 0.1) is 0 Å². The van der Waals surface area contributed by atoms with Crippen LogP contribution in [0.4, 0.5) is 10.5 Å². The van der Waals surface area contributed by atoms with Gasteiger partial charge in [-0.15, -0.1) is 0 Å². The number of rotatable bonds is 6. The number of nitrogens with zero attached hydrogens (tertiary/aromatic N) is 2. The van der Waals surface area contributed by atoms with E-state index in [-0.39, 0.29) is 6.03 Å². The lowest BCUT2D eigenvalue weighted by Crippen LogP contribution is -2.36. The van der Waals surface area contributed by atoms with Crippen LogP contribution in [0.2, 0.25) is 0 Å². The molecule has 0 aliphatic heterocycles. The van der Waals surface area contributed by atoms with E-state index in [1.54, 1.807) is 0 Å². The van der Waals surface area contributed by atoms with E-state index in [2.05, 4.69) is 29.4 Å². The van der Waals surface area contributed by atoms with Gasteiger partial charge in [-0.1, -0.05) is 32.0 Å². The number of hydrogen-bond donors (Lipinski definition) is 2. The van der Waals surface area contributed by atoms with Crippen LogP contribution in [0.1, 0.15) is 13.8 Å². The molecule has 1 heterocycles. The van der Waals surface area contributed by atoms with Crippen molar-refractivity contribution in [2.45, 2.75) is 13.8 Å². The van der Waals surface area contributed by atoms with Gasteiger partial charge in [0.15, 0.2) is 0 Å². The molecule has 0 unspecified atom stereocenters. The van der Waals surface area contributed by atoms with E-state index < -0.39 is 0 Å². The van der Waals surface area contributed by atoms with Crippen LogP contribution in [-0.4, -0.2) is 41.7 Å². The molecule has 0 fully saturated rings. The minimum Gasteiger partial charge on any atom is -0.348 e. The second kappa shape index (κ2) is 7.13. The first kappa shape index (κ1) is 15.4. The first-order valence-electron chi connectivity index (χ1n) is 7.47. The summed E-state index contributed by atoms with van der Waals surface area (Å²) in [6, 6.07) is 7.88. The monoisotopic (exact) mass is 288 g/mol. The molecule has 1 aromatic heterocycles. The fourth-order valence-electron chi connectivity index (χ4n) is 2.48. The summed E-state index contributed by atoms with van der Waals surface area (Å²) in [6.07, 6.45) is 1.94. The molecule has 1 aromatic carbocycles. The van der Waals surface area contributed by atoms with Gasteiger partial charge in [0, 0.05) is 37.2 Å². The number of aromatic nitrogens is 1. The standard InChI is InChI=1S/C16H24N4O/c1-4-20(5-2)11-10-17-16(21)18-14-12-19(3)15-9-7-6-8-13(14)15/h6-9,12H,4-5,10-11H2,1-3H3,(H2,17,18,21). The molecule has 0 radical (unpaired) electrons. The second-order valence-electron chi connectivity index (χ2n) is 5.08. The van der Waals surface area contributed by atoms with E-state index in [0.29, 0.717) is 6.54 Å². The van der Waals surface area contributed by atoms with E-state index in [4.69, 9.17) is 0 Å². The van der Waals surface area contributed by atoms with Gasteiger partial charge in [0.1, 0.15) is 0 Å². The second-order valence-corrected chi connectivity index (χ2v) is 5.08. The fraction of sp³-hybridized carbons (Fsp3) is 0.438. The molecule has 2 amide bonds. The molecular weight excluding hydrogens is 264 g/mol. The van der Waals surface area contributed by atoms with Crippen LogP contribution in [-0.2, 0) is 7.05 Å². The number of aryl methyl sites for hydroxylation is 1. The molecule has 5 heteroatoms. The molecular formula is C16H24N4O. The van der Waals surface area contributed by atoms with Crippen molar-refractivity contribution in [2.75, 3.05) is 31.5 Å². The van der Waals surface area contributed by atoms with Crippen molar-refractivity contribution < 1.29 is 4.79 Å². The summed E-state index contributed by atoms with van der Waals surface area (Å²) < 4.78 is 2.01. The summed E-state index contributed by atoms with van der Waals surface area (Å²) in [6.45, 7) is 7.78. The van der Waals surface area contributed by atoms with Crippen molar-refractivity contribution in [3.8, 4) is 0 Å². The SMILES string of the molecule is CCN(CC)CCNC(=O)Nc1cn(C)c2ccccc12. The van der Waals surface area contributed by atoms with Crippen LogP contribution < -0.4 is 10.6 Å². The first-order chi connectivity index (χ1) is 10.2. The Morgan fingerprint density at radius 1 is 1.24 bits per heavy atom. The van der Waals surface area contributed by atoms with Gasteiger partial charge in [0.25, 0.3) is 0 Å². The number of amides is 2. The van der Waals surface area contributed by atoms with Crippen LogP contribution in [0.25, 0.3) is 10.9 Å². The van der Waals surface area contributed by atoms with Gasteiger partial charge < -0.3 is 20.1 Å². The van der Waals surface area contributed by atoms with Gasteiger partial charge >= 0.3 is 6.03 Å². The van der Waals surface area contributed by atoms with Crippen LogP contribution >= 0.6 is 0 Å². The maximum atomic E-state index is 12.0. The number of carbonyl (C=O) groups excluding carboxylic acids is 1. The number of fused-ring (bicyclic) bond motifs is 1. The van der Waals surface area contributed by atoms with Gasteiger partial charge in [0.05, 0.1) is 5.69 Å². The maximum absolute atomic E-state index is 12.0. The van der Waals surface area contributed by atoms with Gasteiger partial charge in [0.2, 0.25) is 0 Å². The summed E-state index contributed by atoms with van der Waals surface area (Å²) in [4.78, 5) is 14.2. The summed E-state index contributed by atoms with van der Waals surface area (Å²) in [7, 11) is 1.98. The molecule has 2 N–H and O–H groups in total. The highest BCUT2D eigenvalue weighted by atomic mass is 16.2. The Hall–Kier alpha value is -2.01. The molecule has 2 aromatic rings. The van der Waals surface area contributed by atoms with Gasteiger partial charge in [-0.25, -0.2) is 4.79 Å². The number of carbonyl (C=O) groups is 1. The van der Waals surface area contributed by atoms with Crippen molar-refractivity contribution in [2.24, 2.45) is 7.05 Å². The minimum atomic E-state index is -0.154. The van der Waals surface area contributed by atoms with Crippen LogP contribution in [0.15, 0.2) is 30.5 Å². The smallest absolute Gasteiger partial charge is 0.319 e.